The highest BCUT2D eigenvalue weighted by atomic mass is 35.5. The highest BCUT2D eigenvalue weighted by Crippen LogP contribution is 2.52. The number of halogens is 1. The van der Waals surface area contributed by atoms with Crippen molar-refractivity contribution in [2.45, 2.75) is 33.1 Å². The predicted octanol–water partition coefficient (Wildman–Crippen LogP) is 5.26. The highest BCUT2D eigenvalue weighted by Gasteiger charge is 2.38. The van der Waals surface area contributed by atoms with Crippen LogP contribution in [-0.4, -0.2) is 0 Å². The topological polar surface area (TPSA) is 0 Å². The minimum Gasteiger partial charge on any atom is -0.0840 e. The summed E-state index contributed by atoms with van der Waals surface area (Å²) in [6.07, 6.45) is 0. The maximum atomic E-state index is 6.44. The summed E-state index contributed by atoms with van der Waals surface area (Å²) in [5, 5.41) is 0.880. The van der Waals surface area contributed by atoms with E-state index in [1.165, 1.54) is 33.4 Å². The first-order valence-electron chi connectivity index (χ1n) is 6.34. The van der Waals surface area contributed by atoms with Crippen molar-refractivity contribution in [3.8, 4) is 11.1 Å². The van der Waals surface area contributed by atoms with Crippen molar-refractivity contribution in [1.29, 1.82) is 0 Å². The quantitative estimate of drug-likeness (QED) is 0.603. The van der Waals surface area contributed by atoms with Crippen molar-refractivity contribution in [3.63, 3.8) is 0 Å². The SMILES string of the molecule is Cc1cc(C)c2c(c1)-c1cccc(Cl)c1C2(C)C. The molecule has 0 fully saturated rings. The Bertz CT molecular complexity index is 651. The lowest BCUT2D eigenvalue weighted by atomic mass is 9.80. The molecule has 0 aromatic heterocycles. The van der Waals surface area contributed by atoms with Crippen LogP contribution < -0.4 is 0 Å². The minimum absolute atomic E-state index is 0.000787. The number of hydrogen-bond acceptors (Lipinski definition) is 0. The van der Waals surface area contributed by atoms with Gasteiger partial charge in [0.1, 0.15) is 0 Å². The van der Waals surface area contributed by atoms with E-state index >= 15 is 0 Å². The number of aryl methyl sites for hydroxylation is 2. The van der Waals surface area contributed by atoms with Crippen molar-refractivity contribution < 1.29 is 0 Å². The molecule has 3 rings (SSSR count). The third kappa shape index (κ3) is 1.39. The zero-order valence-electron chi connectivity index (χ0n) is 11.3. The number of rotatable bonds is 0. The lowest BCUT2D eigenvalue weighted by molar-refractivity contribution is 0.655. The fourth-order valence-corrected chi connectivity index (χ4v) is 3.93. The molecule has 0 nitrogen and oxygen atoms in total. The van der Waals surface area contributed by atoms with E-state index in [-0.39, 0.29) is 5.41 Å². The Balaban J connectivity index is 2.47. The molecule has 0 saturated carbocycles. The van der Waals surface area contributed by atoms with Crippen LogP contribution in [0.4, 0.5) is 0 Å². The fraction of sp³-hybridized carbons (Fsp3) is 0.294. The Morgan fingerprint density at radius 1 is 0.944 bits per heavy atom. The van der Waals surface area contributed by atoms with Gasteiger partial charge in [0.05, 0.1) is 0 Å². The van der Waals surface area contributed by atoms with E-state index < -0.39 is 0 Å². The molecule has 0 heterocycles. The van der Waals surface area contributed by atoms with Crippen molar-refractivity contribution in [2.75, 3.05) is 0 Å². The molecule has 0 N–H and O–H groups in total. The smallest absolute Gasteiger partial charge is 0.0453 e. The summed E-state index contributed by atoms with van der Waals surface area (Å²) in [5.41, 5.74) is 8.04. The summed E-state index contributed by atoms with van der Waals surface area (Å²) in [5.74, 6) is 0. The lowest BCUT2D eigenvalue weighted by Crippen LogP contribution is -2.17. The Morgan fingerprint density at radius 2 is 1.67 bits per heavy atom. The van der Waals surface area contributed by atoms with Gasteiger partial charge in [-0.05, 0) is 47.7 Å². The van der Waals surface area contributed by atoms with E-state index in [1.54, 1.807) is 0 Å². The van der Waals surface area contributed by atoms with Crippen LogP contribution in [0.3, 0.4) is 0 Å². The van der Waals surface area contributed by atoms with E-state index in [4.69, 9.17) is 11.6 Å². The zero-order chi connectivity index (χ0) is 13.1. The first kappa shape index (κ1) is 11.8. The Labute approximate surface area is 114 Å². The summed E-state index contributed by atoms with van der Waals surface area (Å²) in [7, 11) is 0. The molecule has 92 valence electrons. The van der Waals surface area contributed by atoms with Crippen LogP contribution in [0, 0.1) is 13.8 Å². The Kier molecular flexibility index (Phi) is 2.37. The van der Waals surface area contributed by atoms with Crippen molar-refractivity contribution in [2.24, 2.45) is 0 Å². The molecule has 18 heavy (non-hydrogen) atoms. The normalized spacial score (nSPS) is 15.4. The van der Waals surface area contributed by atoms with Gasteiger partial charge in [-0.1, -0.05) is 55.3 Å². The molecule has 0 spiro atoms. The molecule has 0 amide bonds. The molecular formula is C17H17Cl. The van der Waals surface area contributed by atoms with E-state index in [9.17, 15) is 0 Å². The second kappa shape index (κ2) is 3.61. The van der Waals surface area contributed by atoms with Crippen molar-refractivity contribution >= 4 is 11.6 Å². The molecule has 1 aliphatic carbocycles. The third-order valence-corrected chi connectivity index (χ3v) is 4.35. The first-order valence-corrected chi connectivity index (χ1v) is 6.72. The summed E-state index contributed by atoms with van der Waals surface area (Å²) in [4.78, 5) is 0. The minimum atomic E-state index is 0.000787. The number of benzene rings is 2. The van der Waals surface area contributed by atoms with Crippen LogP contribution in [0.15, 0.2) is 30.3 Å². The van der Waals surface area contributed by atoms with Crippen LogP contribution >= 0.6 is 11.6 Å². The summed E-state index contributed by atoms with van der Waals surface area (Å²) in [6.45, 7) is 8.90. The Hall–Kier alpha value is -1.27. The molecule has 0 radical (unpaired) electrons. The maximum absolute atomic E-state index is 6.44. The molecule has 0 unspecified atom stereocenters. The van der Waals surface area contributed by atoms with Gasteiger partial charge in [0.2, 0.25) is 0 Å². The van der Waals surface area contributed by atoms with Gasteiger partial charge in [-0.15, -0.1) is 0 Å². The largest absolute Gasteiger partial charge is 0.0840 e. The maximum Gasteiger partial charge on any atom is 0.0453 e. The molecule has 2 aromatic rings. The van der Waals surface area contributed by atoms with E-state index in [2.05, 4.69) is 45.9 Å². The molecule has 2 aromatic carbocycles. The number of fused-ring (bicyclic) bond motifs is 3. The van der Waals surface area contributed by atoms with Crippen molar-refractivity contribution in [3.05, 3.63) is 57.6 Å². The monoisotopic (exact) mass is 256 g/mol. The van der Waals surface area contributed by atoms with E-state index in [0.29, 0.717) is 0 Å². The average Bonchev–Trinajstić information content (AvgIpc) is 2.48. The fourth-order valence-electron chi connectivity index (χ4n) is 3.52. The molecule has 0 aliphatic heterocycles. The molecule has 1 aliphatic rings. The summed E-state index contributed by atoms with van der Waals surface area (Å²) in [6, 6.07) is 10.8. The van der Waals surface area contributed by atoms with Gasteiger partial charge in [0.25, 0.3) is 0 Å². The standard InChI is InChI=1S/C17H17Cl/c1-10-8-11(2)15-13(9-10)12-6-5-7-14(18)16(12)17(15,3)4/h5-9H,1-4H3. The van der Waals surface area contributed by atoms with E-state index in [1.807, 2.05) is 12.1 Å². The van der Waals surface area contributed by atoms with Crippen LogP contribution in [0.25, 0.3) is 11.1 Å². The average molecular weight is 257 g/mol. The molecule has 0 atom stereocenters. The van der Waals surface area contributed by atoms with Crippen molar-refractivity contribution in [1.82, 2.24) is 0 Å². The number of hydrogen-bond donors (Lipinski definition) is 0. The highest BCUT2D eigenvalue weighted by molar-refractivity contribution is 6.32. The van der Waals surface area contributed by atoms with Gasteiger partial charge in [-0.3, -0.25) is 0 Å². The van der Waals surface area contributed by atoms with Gasteiger partial charge >= 0.3 is 0 Å². The molecular weight excluding hydrogens is 240 g/mol. The molecule has 1 heteroatoms. The lowest BCUT2D eigenvalue weighted by Gasteiger charge is -2.24. The van der Waals surface area contributed by atoms with E-state index in [0.717, 1.165) is 5.02 Å². The van der Waals surface area contributed by atoms with Gasteiger partial charge in [0.15, 0.2) is 0 Å². The van der Waals surface area contributed by atoms with Crippen LogP contribution in [0.2, 0.25) is 5.02 Å². The second-order valence-corrected chi connectivity index (χ2v) is 6.20. The zero-order valence-corrected chi connectivity index (χ0v) is 12.0. The predicted molar refractivity (Wildman–Crippen MR) is 78.5 cm³/mol. The molecule has 0 bridgehead atoms. The van der Waals surface area contributed by atoms with Gasteiger partial charge in [0, 0.05) is 10.4 Å². The summed E-state index contributed by atoms with van der Waals surface area (Å²) < 4.78 is 0. The van der Waals surface area contributed by atoms with Crippen LogP contribution in [0.5, 0.6) is 0 Å². The summed E-state index contributed by atoms with van der Waals surface area (Å²) >= 11 is 6.44. The van der Waals surface area contributed by atoms with Gasteiger partial charge in [-0.25, -0.2) is 0 Å². The van der Waals surface area contributed by atoms with Gasteiger partial charge < -0.3 is 0 Å². The third-order valence-electron chi connectivity index (χ3n) is 4.03. The first-order chi connectivity index (χ1) is 8.43. The second-order valence-electron chi connectivity index (χ2n) is 5.79. The van der Waals surface area contributed by atoms with Gasteiger partial charge in [-0.2, -0.15) is 0 Å². The Morgan fingerprint density at radius 3 is 2.39 bits per heavy atom. The van der Waals surface area contributed by atoms with Crippen LogP contribution in [-0.2, 0) is 5.41 Å². The molecule has 0 saturated heterocycles. The van der Waals surface area contributed by atoms with Crippen LogP contribution in [0.1, 0.15) is 36.1 Å².